The zero-order chi connectivity index (χ0) is 20.7. The molecule has 29 heavy (non-hydrogen) atoms. The van der Waals surface area contributed by atoms with Gasteiger partial charge in [-0.1, -0.05) is 30.7 Å². The number of nitrogens with zero attached hydrogens (tertiary/aromatic N) is 3. The Morgan fingerprint density at radius 3 is 2.59 bits per heavy atom. The monoisotopic (exact) mass is 411 g/mol. The number of rotatable bonds is 4. The Morgan fingerprint density at radius 2 is 1.93 bits per heavy atom. The predicted molar refractivity (Wildman–Crippen MR) is 113 cm³/mol. The van der Waals surface area contributed by atoms with Crippen LogP contribution in [0.1, 0.15) is 30.6 Å². The summed E-state index contributed by atoms with van der Waals surface area (Å²) < 4.78 is 15.3. The number of fused-ring (bicyclic) bond motifs is 2. The van der Waals surface area contributed by atoms with Crippen LogP contribution in [0.4, 0.5) is 10.2 Å². The molecule has 0 fully saturated rings. The summed E-state index contributed by atoms with van der Waals surface area (Å²) in [7, 11) is 0. The largest absolute Gasteiger partial charge is 0.384 e. The van der Waals surface area contributed by atoms with Crippen molar-refractivity contribution >= 4 is 45.5 Å². The van der Waals surface area contributed by atoms with Crippen LogP contribution >= 0.6 is 11.6 Å². The van der Waals surface area contributed by atoms with Gasteiger partial charge in [-0.2, -0.15) is 0 Å². The van der Waals surface area contributed by atoms with Gasteiger partial charge < -0.3 is 11.1 Å². The highest BCUT2D eigenvalue weighted by molar-refractivity contribution is 6.31. The van der Waals surface area contributed by atoms with E-state index < -0.39 is 5.82 Å². The third kappa shape index (κ3) is 3.27. The van der Waals surface area contributed by atoms with E-state index in [0.29, 0.717) is 27.9 Å². The van der Waals surface area contributed by atoms with Gasteiger partial charge >= 0.3 is 0 Å². The molecule has 0 radical (unpaired) electrons. The Kier molecular flexibility index (Phi) is 4.84. The van der Waals surface area contributed by atoms with Crippen LogP contribution in [-0.4, -0.2) is 26.5 Å². The van der Waals surface area contributed by atoms with Crippen LogP contribution in [0.5, 0.6) is 0 Å². The van der Waals surface area contributed by atoms with E-state index in [9.17, 15) is 9.18 Å². The minimum Gasteiger partial charge on any atom is -0.384 e. The summed E-state index contributed by atoms with van der Waals surface area (Å²) in [6.07, 6.45) is 0.770. The first-order chi connectivity index (χ1) is 13.9. The fraction of sp³-hybridized carbons (Fsp3) is 0.190. The van der Waals surface area contributed by atoms with Crippen molar-refractivity contribution in [2.45, 2.75) is 26.3 Å². The minimum absolute atomic E-state index is 0.0334. The maximum Gasteiger partial charge on any atom is 0.257 e. The Labute approximate surface area is 171 Å². The fourth-order valence-electron chi connectivity index (χ4n) is 3.17. The first-order valence-electron chi connectivity index (χ1n) is 9.23. The molecule has 3 N–H and O–H groups in total. The quantitative estimate of drug-likeness (QED) is 0.518. The second-order valence-electron chi connectivity index (χ2n) is 6.86. The van der Waals surface area contributed by atoms with Crippen molar-refractivity contribution in [3.05, 3.63) is 58.9 Å². The van der Waals surface area contributed by atoms with E-state index in [1.165, 1.54) is 18.2 Å². The summed E-state index contributed by atoms with van der Waals surface area (Å²) in [5, 5.41) is 2.87. The zero-order valence-electron chi connectivity index (χ0n) is 15.9. The molecule has 4 rings (SSSR count). The van der Waals surface area contributed by atoms with Gasteiger partial charge in [0.2, 0.25) is 0 Å². The fourth-order valence-corrected chi connectivity index (χ4v) is 3.34. The average Bonchev–Trinajstić information content (AvgIpc) is 2.99. The lowest BCUT2D eigenvalue weighted by Gasteiger charge is -2.12. The SMILES string of the molecule is CC[C@@H](C)NC(=O)c1c(N)n(-c2ccc(F)c(Cl)c2)c2nc3ccccc3nc12. The molecule has 0 spiro atoms. The van der Waals surface area contributed by atoms with Crippen molar-refractivity contribution in [2.75, 3.05) is 5.73 Å². The Hall–Kier alpha value is -3.19. The molecule has 6 nitrogen and oxygen atoms in total. The first-order valence-corrected chi connectivity index (χ1v) is 9.61. The van der Waals surface area contributed by atoms with Crippen molar-refractivity contribution in [1.82, 2.24) is 19.9 Å². The molecule has 0 bridgehead atoms. The lowest BCUT2D eigenvalue weighted by Crippen LogP contribution is -2.32. The number of para-hydroxylation sites is 2. The highest BCUT2D eigenvalue weighted by Crippen LogP contribution is 2.32. The lowest BCUT2D eigenvalue weighted by atomic mass is 10.2. The molecule has 148 valence electrons. The topological polar surface area (TPSA) is 85.8 Å². The van der Waals surface area contributed by atoms with E-state index in [4.69, 9.17) is 17.3 Å². The third-order valence-electron chi connectivity index (χ3n) is 4.88. The van der Waals surface area contributed by atoms with E-state index in [1.54, 1.807) is 4.57 Å². The average molecular weight is 412 g/mol. The van der Waals surface area contributed by atoms with Gasteiger partial charge in [-0.3, -0.25) is 9.36 Å². The van der Waals surface area contributed by atoms with Gasteiger partial charge in [0, 0.05) is 6.04 Å². The van der Waals surface area contributed by atoms with E-state index in [-0.39, 0.29) is 28.4 Å². The van der Waals surface area contributed by atoms with Crippen LogP contribution in [0, 0.1) is 5.82 Å². The number of anilines is 1. The van der Waals surface area contributed by atoms with Crippen LogP contribution < -0.4 is 11.1 Å². The number of hydrogen-bond donors (Lipinski definition) is 2. The normalized spacial score (nSPS) is 12.4. The highest BCUT2D eigenvalue weighted by Gasteiger charge is 2.25. The molecule has 8 heteroatoms. The summed E-state index contributed by atoms with van der Waals surface area (Å²) in [4.78, 5) is 22.3. The molecule has 1 amide bonds. The Bertz CT molecular complexity index is 1250. The highest BCUT2D eigenvalue weighted by atomic mass is 35.5. The van der Waals surface area contributed by atoms with Crippen molar-refractivity contribution in [3.63, 3.8) is 0 Å². The van der Waals surface area contributed by atoms with Crippen molar-refractivity contribution in [2.24, 2.45) is 0 Å². The van der Waals surface area contributed by atoms with Crippen LogP contribution in [0.2, 0.25) is 5.02 Å². The summed E-state index contributed by atoms with van der Waals surface area (Å²) >= 11 is 5.97. The predicted octanol–water partition coefficient (Wildman–Crippen LogP) is 4.48. The number of halogens is 2. The standard InChI is InChI=1S/C21H19ClFN5O/c1-3-11(2)25-21(29)17-18-20(27-16-7-5-4-6-15(16)26-18)28(19(17)24)12-8-9-14(23)13(22)10-12/h4-11H,3,24H2,1-2H3,(H,25,29)/t11-/m1/s1. The lowest BCUT2D eigenvalue weighted by molar-refractivity contribution is 0.0941. The van der Waals surface area contributed by atoms with Crippen molar-refractivity contribution in [1.29, 1.82) is 0 Å². The molecule has 4 aromatic rings. The molecule has 0 aliphatic rings. The number of benzene rings is 2. The number of nitrogen functional groups attached to an aromatic ring is 1. The molecular weight excluding hydrogens is 393 g/mol. The van der Waals surface area contributed by atoms with Crippen LogP contribution in [-0.2, 0) is 0 Å². The van der Waals surface area contributed by atoms with E-state index in [1.807, 2.05) is 38.1 Å². The van der Waals surface area contributed by atoms with Gasteiger partial charge in [-0.15, -0.1) is 0 Å². The van der Waals surface area contributed by atoms with Gasteiger partial charge in [0.05, 0.1) is 21.7 Å². The van der Waals surface area contributed by atoms with Gasteiger partial charge in [0.15, 0.2) is 5.65 Å². The summed E-state index contributed by atoms with van der Waals surface area (Å²) in [5.74, 6) is -0.714. The van der Waals surface area contributed by atoms with Gasteiger partial charge in [-0.05, 0) is 43.7 Å². The Morgan fingerprint density at radius 1 is 1.24 bits per heavy atom. The molecular formula is C21H19ClFN5O. The van der Waals surface area contributed by atoms with Gasteiger partial charge in [0.1, 0.15) is 22.7 Å². The molecule has 1 atom stereocenters. The van der Waals surface area contributed by atoms with E-state index >= 15 is 0 Å². The molecule has 0 aliphatic heterocycles. The van der Waals surface area contributed by atoms with E-state index in [2.05, 4.69) is 15.3 Å². The number of carbonyl (C=O) groups excluding carboxylic acids is 1. The number of amides is 1. The molecule has 0 unspecified atom stereocenters. The van der Waals surface area contributed by atoms with Gasteiger partial charge in [0.25, 0.3) is 5.91 Å². The second-order valence-corrected chi connectivity index (χ2v) is 7.27. The molecule has 2 aromatic carbocycles. The van der Waals surface area contributed by atoms with Crippen LogP contribution in [0.25, 0.3) is 27.9 Å². The molecule has 0 aliphatic carbocycles. The number of nitrogens with one attached hydrogen (secondary N) is 1. The number of nitrogens with two attached hydrogens (primary N) is 1. The van der Waals surface area contributed by atoms with Gasteiger partial charge in [-0.25, -0.2) is 14.4 Å². The molecule has 2 heterocycles. The third-order valence-corrected chi connectivity index (χ3v) is 5.17. The summed E-state index contributed by atoms with van der Waals surface area (Å²) in [6.45, 7) is 3.89. The maximum atomic E-state index is 13.7. The molecule has 0 saturated heterocycles. The van der Waals surface area contributed by atoms with Crippen molar-refractivity contribution < 1.29 is 9.18 Å². The number of aromatic nitrogens is 3. The van der Waals surface area contributed by atoms with Crippen LogP contribution in [0.3, 0.4) is 0 Å². The van der Waals surface area contributed by atoms with Crippen LogP contribution in [0.15, 0.2) is 42.5 Å². The Balaban J connectivity index is 2.04. The number of carbonyl (C=O) groups is 1. The summed E-state index contributed by atoms with van der Waals surface area (Å²) in [5.41, 5.74) is 9.21. The second kappa shape index (κ2) is 7.33. The minimum atomic E-state index is -0.545. The smallest absolute Gasteiger partial charge is 0.257 e. The zero-order valence-corrected chi connectivity index (χ0v) is 16.7. The number of hydrogen-bond acceptors (Lipinski definition) is 4. The van der Waals surface area contributed by atoms with Crippen molar-refractivity contribution in [3.8, 4) is 5.69 Å². The van der Waals surface area contributed by atoms with E-state index in [0.717, 1.165) is 6.42 Å². The molecule has 2 aromatic heterocycles. The summed E-state index contributed by atoms with van der Waals surface area (Å²) in [6, 6.07) is 11.5. The first kappa shape index (κ1) is 19.1. The molecule has 0 saturated carbocycles. The maximum absolute atomic E-state index is 13.7.